The predicted octanol–water partition coefficient (Wildman–Crippen LogP) is -0.850. The molecule has 0 aliphatic rings. The van der Waals surface area contributed by atoms with Crippen molar-refractivity contribution in [2.75, 3.05) is 13.2 Å². The van der Waals surface area contributed by atoms with E-state index in [2.05, 4.69) is 4.74 Å². The first-order valence-electron chi connectivity index (χ1n) is 4.34. The standard InChI is InChI=1S/C8H14N2O5/c1-3-14-4-6(11)15-5(2)7(12)10-8(9)13/h5H,3-4H2,1-2H3,(H3,9,10,12,13). The molecule has 3 N–H and O–H groups in total. The Morgan fingerprint density at radius 1 is 1.40 bits per heavy atom. The molecule has 7 heteroatoms. The molecule has 0 aromatic carbocycles. The molecule has 7 nitrogen and oxygen atoms in total. The van der Waals surface area contributed by atoms with Gasteiger partial charge in [0.25, 0.3) is 5.91 Å². The number of nitrogens with two attached hydrogens (primary N) is 1. The van der Waals surface area contributed by atoms with E-state index in [4.69, 9.17) is 10.5 Å². The fraction of sp³-hybridized carbons (Fsp3) is 0.625. The normalized spacial score (nSPS) is 11.6. The molecule has 0 spiro atoms. The van der Waals surface area contributed by atoms with E-state index in [9.17, 15) is 14.4 Å². The van der Waals surface area contributed by atoms with Crippen LogP contribution >= 0.6 is 0 Å². The summed E-state index contributed by atoms with van der Waals surface area (Å²) < 4.78 is 9.39. The van der Waals surface area contributed by atoms with Gasteiger partial charge in [-0.3, -0.25) is 10.1 Å². The SMILES string of the molecule is CCOCC(=O)OC(C)C(=O)NC(N)=O. The maximum atomic E-state index is 11.0. The maximum Gasteiger partial charge on any atom is 0.332 e. The lowest BCUT2D eigenvalue weighted by Gasteiger charge is -2.11. The van der Waals surface area contributed by atoms with E-state index < -0.39 is 24.0 Å². The fourth-order valence-corrected chi connectivity index (χ4v) is 0.693. The Hall–Kier alpha value is -1.63. The van der Waals surface area contributed by atoms with Crippen LogP contribution in [0.5, 0.6) is 0 Å². The van der Waals surface area contributed by atoms with E-state index in [-0.39, 0.29) is 6.61 Å². The molecule has 0 aromatic heterocycles. The number of hydrogen-bond acceptors (Lipinski definition) is 5. The van der Waals surface area contributed by atoms with E-state index in [0.717, 1.165) is 0 Å². The smallest absolute Gasteiger partial charge is 0.332 e. The van der Waals surface area contributed by atoms with Gasteiger partial charge in [-0.15, -0.1) is 0 Å². The van der Waals surface area contributed by atoms with Crippen LogP contribution in [0.1, 0.15) is 13.8 Å². The number of imide groups is 1. The molecule has 0 aliphatic carbocycles. The Morgan fingerprint density at radius 3 is 2.47 bits per heavy atom. The summed E-state index contributed by atoms with van der Waals surface area (Å²) >= 11 is 0. The van der Waals surface area contributed by atoms with Crippen LogP contribution in [0.3, 0.4) is 0 Å². The lowest BCUT2D eigenvalue weighted by molar-refractivity contribution is -0.158. The molecule has 15 heavy (non-hydrogen) atoms. The minimum atomic E-state index is -1.08. The Kier molecular flexibility index (Phi) is 6.03. The van der Waals surface area contributed by atoms with E-state index in [1.54, 1.807) is 12.2 Å². The topological polar surface area (TPSA) is 108 Å². The van der Waals surface area contributed by atoms with Gasteiger partial charge < -0.3 is 15.2 Å². The summed E-state index contributed by atoms with van der Waals surface area (Å²) in [4.78, 5) is 32.3. The summed E-state index contributed by atoms with van der Waals surface area (Å²) in [5.41, 5.74) is 4.71. The number of rotatable bonds is 5. The van der Waals surface area contributed by atoms with Crippen LogP contribution in [0, 0.1) is 0 Å². The monoisotopic (exact) mass is 218 g/mol. The highest BCUT2D eigenvalue weighted by atomic mass is 16.6. The van der Waals surface area contributed by atoms with E-state index in [1.807, 2.05) is 0 Å². The van der Waals surface area contributed by atoms with Crippen molar-refractivity contribution >= 4 is 17.9 Å². The van der Waals surface area contributed by atoms with Gasteiger partial charge in [0.1, 0.15) is 6.61 Å². The Bertz CT molecular complexity index is 253. The third kappa shape index (κ3) is 6.44. The van der Waals surface area contributed by atoms with Crippen molar-refractivity contribution in [3.05, 3.63) is 0 Å². The lowest BCUT2D eigenvalue weighted by atomic mass is 10.4. The first-order valence-corrected chi connectivity index (χ1v) is 4.34. The van der Waals surface area contributed by atoms with Gasteiger partial charge in [0, 0.05) is 6.61 Å². The van der Waals surface area contributed by atoms with Crippen molar-refractivity contribution in [3.8, 4) is 0 Å². The minimum Gasteiger partial charge on any atom is -0.451 e. The van der Waals surface area contributed by atoms with Gasteiger partial charge >= 0.3 is 12.0 Å². The summed E-state index contributed by atoms with van der Waals surface area (Å²) in [6.45, 7) is 3.18. The number of hydrogen-bond donors (Lipinski definition) is 2. The summed E-state index contributed by atoms with van der Waals surface area (Å²) in [5, 5.41) is 1.79. The number of nitrogens with one attached hydrogen (secondary N) is 1. The highest BCUT2D eigenvalue weighted by molar-refractivity contribution is 5.96. The third-order valence-corrected chi connectivity index (χ3v) is 1.35. The molecule has 86 valence electrons. The van der Waals surface area contributed by atoms with Gasteiger partial charge in [-0.2, -0.15) is 0 Å². The second kappa shape index (κ2) is 6.77. The molecule has 0 rings (SSSR count). The predicted molar refractivity (Wildman–Crippen MR) is 49.8 cm³/mol. The zero-order valence-electron chi connectivity index (χ0n) is 8.61. The van der Waals surface area contributed by atoms with Gasteiger partial charge in [0.05, 0.1) is 0 Å². The number of ether oxygens (including phenoxy) is 2. The Morgan fingerprint density at radius 2 is 2.00 bits per heavy atom. The van der Waals surface area contributed by atoms with Gasteiger partial charge in [-0.05, 0) is 13.8 Å². The van der Waals surface area contributed by atoms with Gasteiger partial charge in [-0.25, -0.2) is 9.59 Å². The van der Waals surface area contributed by atoms with Crippen molar-refractivity contribution < 1.29 is 23.9 Å². The van der Waals surface area contributed by atoms with E-state index >= 15 is 0 Å². The number of carbonyl (C=O) groups excluding carboxylic acids is 3. The minimum absolute atomic E-state index is 0.231. The summed E-state index contributed by atoms with van der Waals surface area (Å²) in [6, 6.07) is -0.993. The van der Waals surface area contributed by atoms with Gasteiger partial charge in [0.2, 0.25) is 0 Å². The number of amides is 3. The molecule has 0 saturated carbocycles. The van der Waals surface area contributed by atoms with E-state index in [1.165, 1.54) is 6.92 Å². The molecular weight excluding hydrogens is 204 g/mol. The first-order chi connectivity index (χ1) is 6.97. The summed E-state index contributed by atoms with van der Waals surface area (Å²) in [7, 11) is 0. The van der Waals surface area contributed by atoms with Crippen molar-refractivity contribution in [2.45, 2.75) is 20.0 Å². The van der Waals surface area contributed by atoms with Crippen LogP contribution in [0.25, 0.3) is 0 Å². The number of primary amides is 1. The zero-order valence-corrected chi connectivity index (χ0v) is 8.61. The molecule has 1 unspecified atom stereocenters. The largest absolute Gasteiger partial charge is 0.451 e. The van der Waals surface area contributed by atoms with Crippen LogP contribution in [0.4, 0.5) is 4.79 Å². The van der Waals surface area contributed by atoms with Crippen molar-refractivity contribution in [3.63, 3.8) is 0 Å². The van der Waals surface area contributed by atoms with Crippen LogP contribution in [0.2, 0.25) is 0 Å². The highest BCUT2D eigenvalue weighted by Crippen LogP contribution is 1.92. The average molecular weight is 218 g/mol. The van der Waals surface area contributed by atoms with Gasteiger partial charge in [-0.1, -0.05) is 0 Å². The molecule has 0 aromatic rings. The highest BCUT2D eigenvalue weighted by Gasteiger charge is 2.18. The molecule has 0 bridgehead atoms. The maximum absolute atomic E-state index is 11.0. The molecule has 0 saturated heterocycles. The second-order valence-electron chi connectivity index (χ2n) is 2.62. The molecule has 3 amide bonds. The quantitative estimate of drug-likeness (QED) is 0.584. The fourth-order valence-electron chi connectivity index (χ4n) is 0.693. The van der Waals surface area contributed by atoms with Crippen LogP contribution in [-0.4, -0.2) is 37.2 Å². The second-order valence-corrected chi connectivity index (χ2v) is 2.62. The molecule has 0 radical (unpaired) electrons. The summed E-state index contributed by atoms with van der Waals surface area (Å²) in [6.07, 6.45) is -1.08. The van der Waals surface area contributed by atoms with Gasteiger partial charge in [0.15, 0.2) is 6.10 Å². The van der Waals surface area contributed by atoms with Crippen LogP contribution in [-0.2, 0) is 19.1 Å². The third-order valence-electron chi connectivity index (χ3n) is 1.35. The molecule has 0 heterocycles. The Labute approximate surface area is 86.9 Å². The van der Waals surface area contributed by atoms with Crippen molar-refractivity contribution in [1.29, 1.82) is 0 Å². The van der Waals surface area contributed by atoms with Crippen LogP contribution in [0.15, 0.2) is 0 Å². The molecule has 0 fully saturated rings. The lowest BCUT2D eigenvalue weighted by Crippen LogP contribution is -2.42. The number of carbonyl (C=O) groups is 3. The average Bonchev–Trinajstić information content (AvgIpc) is 2.13. The first kappa shape index (κ1) is 13.4. The summed E-state index contributed by atoms with van der Waals surface area (Å²) in [5.74, 6) is -1.45. The molecule has 0 aliphatic heterocycles. The van der Waals surface area contributed by atoms with Crippen LogP contribution < -0.4 is 11.1 Å². The van der Waals surface area contributed by atoms with Crippen molar-refractivity contribution in [1.82, 2.24) is 5.32 Å². The number of esters is 1. The Balaban J connectivity index is 3.90. The van der Waals surface area contributed by atoms with Crippen molar-refractivity contribution in [2.24, 2.45) is 5.73 Å². The zero-order chi connectivity index (χ0) is 11.8. The number of urea groups is 1. The molecular formula is C8H14N2O5. The molecule has 1 atom stereocenters. The van der Waals surface area contributed by atoms with E-state index in [0.29, 0.717) is 6.61 Å².